The van der Waals surface area contributed by atoms with Crippen molar-refractivity contribution >= 4 is 49.1 Å². The van der Waals surface area contributed by atoms with E-state index in [1.54, 1.807) is 42.1 Å². The van der Waals surface area contributed by atoms with Crippen LogP contribution in [0.1, 0.15) is 46.5 Å². The normalized spacial score (nSPS) is 24.8. The van der Waals surface area contributed by atoms with Crippen molar-refractivity contribution < 1.29 is 17.9 Å². The van der Waals surface area contributed by atoms with E-state index in [0.717, 1.165) is 19.3 Å². The summed E-state index contributed by atoms with van der Waals surface area (Å²) < 4.78 is 33.7. The number of fused-ring (bicyclic) bond motifs is 1. The molecule has 1 aromatic carbocycles. The van der Waals surface area contributed by atoms with Gasteiger partial charge in [0.2, 0.25) is 10.0 Å². The molecule has 9 heteroatoms. The van der Waals surface area contributed by atoms with Crippen molar-refractivity contribution in [1.29, 1.82) is 0 Å². The molecule has 1 aromatic rings. The van der Waals surface area contributed by atoms with Crippen LogP contribution in [0.15, 0.2) is 16.6 Å². The Kier molecular flexibility index (Phi) is 4.81. The number of carbonyl (C=O) groups is 1. The molecule has 1 amide bonds. The predicted molar refractivity (Wildman–Crippen MR) is 112 cm³/mol. The van der Waals surface area contributed by atoms with E-state index < -0.39 is 14.8 Å². The van der Waals surface area contributed by atoms with Gasteiger partial charge in [-0.15, -0.1) is 0 Å². The summed E-state index contributed by atoms with van der Waals surface area (Å²) in [5.41, 5.74) is 0.254. The van der Waals surface area contributed by atoms with E-state index in [2.05, 4.69) is 15.9 Å². The van der Waals surface area contributed by atoms with Crippen LogP contribution in [0.2, 0.25) is 5.02 Å². The number of benzene rings is 1. The second-order valence-electron chi connectivity index (χ2n) is 8.87. The number of ether oxygens (including phenoxy) is 1. The van der Waals surface area contributed by atoms with Gasteiger partial charge in [0.1, 0.15) is 11.4 Å². The summed E-state index contributed by atoms with van der Waals surface area (Å²) in [4.78, 5) is 14.6. The molecule has 1 aliphatic carbocycles. The van der Waals surface area contributed by atoms with Gasteiger partial charge in [-0.1, -0.05) is 11.6 Å². The highest BCUT2D eigenvalue weighted by Gasteiger charge is 2.58. The predicted octanol–water partition coefficient (Wildman–Crippen LogP) is 3.95. The van der Waals surface area contributed by atoms with E-state index in [0.29, 0.717) is 33.9 Å². The zero-order valence-corrected chi connectivity index (χ0v) is 19.3. The molecule has 1 saturated heterocycles. The van der Waals surface area contributed by atoms with Crippen LogP contribution in [0.3, 0.4) is 0 Å². The van der Waals surface area contributed by atoms with E-state index in [1.165, 1.54) is 0 Å². The molecule has 0 aromatic heterocycles. The summed E-state index contributed by atoms with van der Waals surface area (Å²) in [6.45, 7) is 5.43. The number of halogens is 2. The van der Waals surface area contributed by atoms with Crippen LogP contribution in [0.4, 0.5) is 5.69 Å². The molecule has 3 aliphatic rings. The smallest absolute Gasteiger partial charge is 0.265 e. The molecule has 4 rings (SSSR count). The first-order chi connectivity index (χ1) is 13.0. The molecular weight excluding hydrogens is 468 g/mol. The van der Waals surface area contributed by atoms with Gasteiger partial charge in [-0.3, -0.25) is 4.79 Å². The molecule has 154 valence electrons. The molecule has 28 heavy (non-hydrogen) atoms. The fourth-order valence-corrected chi connectivity index (χ4v) is 7.26. The highest BCUT2D eigenvalue weighted by atomic mass is 79.9. The molecule has 0 N–H and O–H groups in total. The first kappa shape index (κ1) is 20.4. The summed E-state index contributed by atoms with van der Waals surface area (Å²) in [6, 6.07) is 3.19. The number of amides is 1. The topological polar surface area (TPSA) is 66.9 Å². The number of carbonyl (C=O) groups excluding carboxylic acids is 1. The first-order valence-corrected chi connectivity index (χ1v) is 12.0. The number of hydrogen-bond donors (Lipinski definition) is 0. The van der Waals surface area contributed by atoms with E-state index >= 15 is 0 Å². The molecule has 2 fully saturated rings. The van der Waals surface area contributed by atoms with Crippen molar-refractivity contribution in [3.05, 3.63) is 21.6 Å². The molecular formula is C19H24BrClN2O4S. The number of sulfonamides is 1. The molecule has 0 radical (unpaired) electrons. The first-order valence-electron chi connectivity index (χ1n) is 9.43. The molecule has 6 nitrogen and oxygen atoms in total. The maximum atomic E-state index is 13.3. The summed E-state index contributed by atoms with van der Waals surface area (Å²) in [5, 5.41) is 0.513. The third-order valence-electron chi connectivity index (χ3n) is 6.09. The average Bonchev–Trinajstić information content (AvgIpc) is 2.95. The average molecular weight is 492 g/mol. The number of rotatable bonds is 2. The molecule has 1 atom stereocenters. The maximum Gasteiger partial charge on any atom is 0.265 e. The Hall–Kier alpha value is -0.830. The maximum absolute atomic E-state index is 13.3. The monoisotopic (exact) mass is 490 g/mol. The van der Waals surface area contributed by atoms with Crippen LogP contribution >= 0.6 is 27.5 Å². The minimum Gasteiger partial charge on any atom is -0.481 e. The summed E-state index contributed by atoms with van der Waals surface area (Å²) in [5.74, 6) is 0.378. The van der Waals surface area contributed by atoms with E-state index in [9.17, 15) is 13.2 Å². The standard InChI is InChI=1S/C19H24BrClN2O4S/c1-18(2,3)28(25,26)22-10-13(9-19(22)5-4-6-19)23-16(24)11-27-15-8-12(21)7-14(20)17(15)23/h7-8,13H,4-6,9-11H2,1-3H3. The third kappa shape index (κ3) is 2.99. The SMILES string of the molecule is CC(C)(C)S(=O)(=O)N1CC(N2C(=O)COc3cc(Cl)cc(Br)c32)CC12CCC2. The van der Waals surface area contributed by atoms with Gasteiger partial charge in [0.05, 0.1) is 10.8 Å². The van der Waals surface area contributed by atoms with E-state index in [4.69, 9.17) is 16.3 Å². The highest BCUT2D eigenvalue weighted by molar-refractivity contribution is 9.10. The van der Waals surface area contributed by atoms with Crippen molar-refractivity contribution in [2.75, 3.05) is 18.1 Å². The number of hydrogen-bond acceptors (Lipinski definition) is 4. The lowest BCUT2D eigenvalue weighted by molar-refractivity contribution is -0.121. The van der Waals surface area contributed by atoms with Crippen molar-refractivity contribution in [2.24, 2.45) is 0 Å². The Labute approximate surface area is 179 Å². The van der Waals surface area contributed by atoms with Gasteiger partial charge in [-0.05, 0) is 68.5 Å². The fourth-order valence-electron chi connectivity index (χ4n) is 4.49. The molecule has 2 aliphatic heterocycles. The molecule has 2 heterocycles. The zero-order valence-electron chi connectivity index (χ0n) is 16.2. The molecule has 1 spiro atoms. The van der Waals surface area contributed by atoms with Crippen LogP contribution in [0.5, 0.6) is 5.75 Å². The van der Waals surface area contributed by atoms with Gasteiger partial charge in [-0.2, -0.15) is 4.31 Å². The number of anilines is 1. The minimum atomic E-state index is -3.50. The zero-order chi connectivity index (χ0) is 20.5. The quantitative estimate of drug-likeness (QED) is 0.628. The fraction of sp³-hybridized carbons (Fsp3) is 0.632. The number of nitrogens with zero attached hydrogens (tertiary/aromatic N) is 2. The molecule has 1 unspecified atom stereocenters. The van der Waals surface area contributed by atoms with Gasteiger partial charge in [-0.25, -0.2) is 8.42 Å². The van der Waals surface area contributed by atoms with Crippen LogP contribution in [0, 0.1) is 0 Å². The van der Waals surface area contributed by atoms with Crippen molar-refractivity contribution in [3.8, 4) is 5.75 Å². The molecule has 1 saturated carbocycles. The third-order valence-corrected chi connectivity index (χ3v) is 9.58. The van der Waals surface area contributed by atoms with Gasteiger partial charge < -0.3 is 9.64 Å². The Balaban J connectivity index is 1.75. The second-order valence-corrected chi connectivity index (χ2v) is 12.8. The Morgan fingerprint density at radius 2 is 1.96 bits per heavy atom. The molecule has 0 bridgehead atoms. The lowest BCUT2D eigenvalue weighted by atomic mass is 9.75. The van der Waals surface area contributed by atoms with E-state index in [1.807, 2.05) is 0 Å². The van der Waals surface area contributed by atoms with Gasteiger partial charge >= 0.3 is 0 Å². The van der Waals surface area contributed by atoms with Crippen LogP contribution in [-0.4, -0.2) is 48.1 Å². The van der Waals surface area contributed by atoms with Crippen molar-refractivity contribution in [1.82, 2.24) is 4.31 Å². The lowest BCUT2D eigenvalue weighted by Crippen LogP contribution is -2.56. The van der Waals surface area contributed by atoms with Crippen molar-refractivity contribution in [3.63, 3.8) is 0 Å². The minimum absolute atomic E-state index is 0.0741. The largest absolute Gasteiger partial charge is 0.481 e. The Morgan fingerprint density at radius 1 is 1.29 bits per heavy atom. The van der Waals surface area contributed by atoms with Crippen LogP contribution < -0.4 is 9.64 Å². The van der Waals surface area contributed by atoms with Crippen molar-refractivity contribution in [2.45, 2.75) is 62.8 Å². The van der Waals surface area contributed by atoms with Gasteiger partial charge in [0, 0.05) is 27.6 Å². The van der Waals surface area contributed by atoms with E-state index in [-0.39, 0.29) is 24.1 Å². The Bertz CT molecular complexity index is 940. The summed E-state index contributed by atoms with van der Waals surface area (Å²) >= 11 is 9.64. The second kappa shape index (κ2) is 6.59. The van der Waals surface area contributed by atoms with Gasteiger partial charge in [0.15, 0.2) is 6.61 Å². The summed E-state index contributed by atoms with van der Waals surface area (Å²) in [7, 11) is -3.50. The van der Waals surface area contributed by atoms with Gasteiger partial charge in [0.25, 0.3) is 5.91 Å². The summed E-state index contributed by atoms with van der Waals surface area (Å²) in [6.07, 6.45) is 3.33. The Morgan fingerprint density at radius 3 is 2.54 bits per heavy atom. The highest BCUT2D eigenvalue weighted by Crippen LogP contribution is 2.52. The van der Waals surface area contributed by atoms with Crippen LogP contribution in [-0.2, 0) is 14.8 Å². The lowest BCUT2D eigenvalue weighted by Gasteiger charge is -2.46. The van der Waals surface area contributed by atoms with Crippen LogP contribution in [0.25, 0.3) is 0 Å².